The average molecular weight is 354 g/mol. The van der Waals surface area contributed by atoms with Gasteiger partial charge in [-0.2, -0.15) is 0 Å². The highest BCUT2D eigenvalue weighted by molar-refractivity contribution is 9.10. The molecule has 2 N–H and O–H groups in total. The van der Waals surface area contributed by atoms with Gasteiger partial charge >= 0.3 is 5.97 Å². The highest BCUT2D eigenvalue weighted by atomic mass is 79.9. The number of nitrogens with two attached hydrogens (primary N) is 1. The molecule has 1 heterocycles. The van der Waals surface area contributed by atoms with E-state index in [1.165, 1.54) is 0 Å². The zero-order chi connectivity index (χ0) is 14.6. The van der Waals surface area contributed by atoms with Gasteiger partial charge in [0.1, 0.15) is 4.90 Å². The van der Waals surface area contributed by atoms with Crippen LogP contribution in [0, 0.1) is 5.92 Å². The normalized spacial score (nSPS) is 13.3. The van der Waals surface area contributed by atoms with Crippen molar-refractivity contribution >= 4 is 31.9 Å². The second kappa shape index (κ2) is 6.53. The Morgan fingerprint density at radius 2 is 2.21 bits per heavy atom. The Labute approximate surface area is 120 Å². The van der Waals surface area contributed by atoms with Crippen molar-refractivity contribution in [3.8, 4) is 0 Å². The first-order valence-corrected chi connectivity index (χ1v) is 8.08. The topological polar surface area (TPSA) is 99.6 Å². The van der Waals surface area contributed by atoms with E-state index in [9.17, 15) is 13.2 Å². The van der Waals surface area contributed by atoms with Crippen molar-refractivity contribution in [1.82, 2.24) is 0 Å². The second-order valence-corrected chi connectivity index (χ2v) is 6.54. The van der Waals surface area contributed by atoms with E-state index in [1.54, 1.807) is 0 Å². The van der Waals surface area contributed by atoms with E-state index in [1.807, 2.05) is 13.8 Å². The number of halogens is 1. The molecular formula is C11H16BrNO5S. The van der Waals surface area contributed by atoms with E-state index in [4.69, 9.17) is 14.3 Å². The number of primary sulfonamides is 1. The Balaban J connectivity index is 2.74. The van der Waals surface area contributed by atoms with Crippen LogP contribution < -0.4 is 5.14 Å². The molecule has 0 saturated heterocycles. The van der Waals surface area contributed by atoms with Crippen molar-refractivity contribution in [3.05, 3.63) is 16.5 Å². The highest BCUT2D eigenvalue weighted by Crippen LogP contribution is 2.25. The molecule has 0 amide bonds. The zero-order valence-electron chi connectivity index (χ0n) is 10.7. The van der Waals surface area contributed by atoms with Gasteiger partial charge in [0, 0.05) is 6.07 Å². The van der Waals surface area contributed by atoms with Crippen molar-refractivity contribution in [2.24, 2.45) is 11.1 Å². The van der Waals surface area contributed by atoms with Crippen LogP contribution in [0.5, 0.6) is 0 Å². The van der Waals surface area contributed by atoms with Crippen LogP contribution in [0.1, 0.15) is 37.2 Å². The predicted octanol–water partition coefficient (Wildman–Crippen LogP) is 2.28. The Hall–Kier alpha value is -0.860. The minimum Gasteiger partial charge on any atom is -0.460 e. The fourth-order valence-electron chi connectivity index (χ4n) is 1.51. The van der Waals surface area contributed by atoms with Gasteiger partial charge in [0.25, 0.3) is 0 Å². The van der Waals surface area contributed by atoms with Gasteiger partial charge in [-0.05, 0) is 28.3 Å². The lowest BCUT2D eigenvalue weighted by Gasteiger charge is -2.09. The standard InChI is InChI=1S/C11H16BrNO5S/c1-3-4-7(2)6-17-11(14)8-5-9(10(12)18-8)19(13,15)16/h5,7H,3-4,6H2,1-2H3,(H2,13,15,16). The number of sulfonamides is 1. The molecule has 0 saturated carbocycles. The number of furan rings is 1. The number of rotatable bonds is 6. The Kier molecular flexibility index (Phi) is 5.57. The molecule has 1 atom stereocenters. The largest absolute Gasteiger partial charge is 0.460 e. The maximum atomic E-state index is 11.7. The highest BCUT2D eigenvalue weighted by Gasteiger charge is 2.23. The fourth-order valence-corrected chi connectivity index (χ4v) is 3.01. The van der Waals surface area contributed by atoms with Gasteiger partial charge in [0.2, 0.25) is 15.8 Å². The molecule has 8 heteroatoms. The van der Waals surface area contributed by atoms with E-state index < -0.39 is 16.0 Å². The molecular weight excluding hydrogens is 338 g/mol. The molecule has 0 bridgehead atoms. The minimum atomic E-state index is -3.93. The first-order valence-electron chi connectivity index (χ1n) is 5.75. The van der Waals surface area contributed by atoms with Crippen molar-refractivity contribution in [2.45, 2.75) is 31.6 Å². The first kappa shape index (κ1) is 16.2. The number of esters is 1. The Bertz CT molecular complexity index is 551. The summed E-state index contributed by atoms with van der Waals surface area (Å²) in [5, 5.41) is 4.96. The number of ether oxygens (including phenoxy) is 1. The van der Waals surface area contributed by atoms with Gasteiger partial charge in [-0.1, -0.05) is 20.3 Å². The van der Waals surface area contributed by atoms with Crippen LogP contribution in [-0.2, 0) is 14.8 Å². The molecule has 0 radical (unpaired) electrons. The van der Waals surface area contributed by atoms with Crippen LogP contribution >= 0.6 is 15.9 Å². The van der Waals surface area contributed by atoms with Crippen LogP contribution in [0.25, 0.3) is 0 Å². The maximum absolute atomic E-state index is 11.7. The third-order valence-electron chi connectivity index (χ3n) is 2.44. The second-order valence-electron chi connectivity index (χ2n) is 4.29. The third kappa shape index (κ3) is 4.63. The summed E-state index contributed by atoms with van der Waals surface area (Å²) in [6, 6.07) is 1.05. The molecule has 0 aliphatic heterocycles. The minimum absolute atomic E-state index is 0.108. The third-order valence-corrected chi connectivity index (χ3v) is 4.21. The molecule has 1 unspecified atom stereocenters. The van der Waals surface area contributed by atoms with Gasteiger partial charge in [-0.25, -0.2) is 18.4 Å². The lowest BCUT2D eigenvalue weighted by atomic mass is 10.1. The molecule has 0 aliphatic carbocycles. The van der Waals surface area contributed by atoms with E-state index in [-0.39, 0.29) is 27.9 Å². The first-order chi connectivity index (χ1) is 8.75. The van der Waals surface area contributed by atoms with Gasteiger partial charge in [0.15, 0.2) is 4.67 Å². The molecule has 0 aliphatic rings. The summed E-state index contributed by atoms with van der Waals surface area (Å²) in [6.07, 6.45) is 1.94. The van der Waals surface area contributed by atoms with Crippen LogP contribution in [0.15, 0.2) is 20.0 Å². The van der Waals surface area contributed by atoms with E-state index in [0.717, 1.165) is 18.9 Å². The Morgan fingerprint density at radius 1 is 1.58 bits per heavy atom. The van der Waals surface area contributed by atoms with Gasteiger partial charge in [-0.3, -0.25) is 0 Å². The van der Waals surface area contributed by atoms with Gasteiger partial charge in [0.05, 0.1) is 6.61 Å². The van der Waals surface area contributed by atoms with Crippen molar-refractivity contribution < 1.29 is 22.4 Å². The summed E-state index contributed by atoms with van der Waals surface area (Å²) in [5.41, 5.74) is 0. The fraction of sp³-hybridized carbons (Fsp3) is 0.545. The number of carbonyl (C=O) groups excluding carboxylic acids is 1. The summed E-state index contributed by atoms with van der Waals surface area (Å²) < 4.78 is 32.3. The molecule has 1 aromatic heterocycles. The van der Waals surface area contributed by atoms with Crippen LogP contribution in [0.4, 0.5) is 0 Å². The van der Waals surface area contributed by atoms with Crippen LogP contribution in [-0.4, -0.2) is 21.0 Å². The van der Waals surface area contributed by atoms with Crippen molar-refractivity contribution in [2.75, 3.05) is 6.61 Å². The van der Waals surface area contributed by atoms with Crippen LogP contribution in [0.2, 0.25) is 0 Å². The molecule has 1 aromatic rings. The zero-order valence-corrected chi connectivity index (χ0v) is 13.1. The molecule has 1 rings (SSSR count). The SMILES string of the molecule is CCCC(C)COC(=O)c1cc(S(N)(=O)=O)c(Br)o1. The monoisotopic (exact) mass is 353 g/mol. The maximum Gasteiger partial charge on any atom is 0.374 e. The van der Waals surface area contributed by atoms with Crippen molar-refractivity contribution in [3.63, 3.8) is 0 Å². The molecule has 0 fully saturated rings. The summed E-state index contributed by atoms with van der Waals surface area (Å²) in [6.45, 7) is 4.26. The molecule has 108 valence electrons. The average Bonchev–Trinajstić information content (AvgIpc) is 2.68. The lowest BCUT2D eigenvalue weighted by Crippen LogP contribution is -2.12. The van der Waals surface area contributed by atoms with Gasteiger partial charge in [-0.15, -0.1) is 0 Å². The van der Waals surface area contributed by atoms with Gasteiger partial charge < -0.3 is 9.15 Å². The quantitative estimate of drug-likeness (QED) is 0.790. The summed E-state index contributed by atoms with van der Waals surface area (Å²) in [7, 11) is -3.93. The predicted molar refractivity (Wildman–Crippen MR) is 72.1 cm³/mol. The summed E-state index contributed by atoms with van der Waals surface area (Å²) in [5.74, 6) is -0.664. The molecule has 6 nitrogen and oxygen atoms in total. The number of hydrogen-bond donors (Lipinski definition) is 1. The van der Waals surface area contributed by atoms with Crippen molar-refractivity contribution in [1.29, 1.82) is 0 Å². The number of carbonyl (C=O) groups is 1. The molecule has 0 aromatic carbocycles. The number of hydrogen-bond acceptors (Lipinski definition) is 5. The van der Waals surface area contributed by atoms with Crippen LogP contribution in [0.3, 0.4) is 0 Å². The summed E-state index contributed by atoms with van der Waals surface area (Å²) >= 11 is 2.89. The lowest BCUT2D eigenvalue weighted by molar-refractivity contribution is 0.0406. The van der Waals surface area contributed by atoms with E-state index in [0.29, 0.717) is 0 Å². The van der Waals surface area contributed by atoms with E-state index in [2.05, 4.69) is 15.9 Å². The summed E-state index contributed by atoms with van der Waals surface area (Å²) in [4.78, 5) is 11.4. The molecule has 19 heavy (non-hydrogen) atoms. The Morgan fingerprint density at radius 3 is 2.68 bits per heavy atom. The molecule has 0 spiro atoms. The van der Waals surface area contributed by atoms with E-state index >= 15 is 0 Å². The smallest absolute Gasteiger partial charge is 0.374 e.